The summed E-state index contributed by atoms with van der Waals surface area (Å²) in [6.07, 6.45) is 0.751. The van der Waals surface area contributed by atoms with Crippen molar-refractivity contribution in [3.63, 3.8) is 0 Å². The Morgan fingerprint density at radius 1 is 1.12 bits per heavy atom. The molecule has 2 aromatic carbocycles. The van der Waals surface area contributed by atoms with E-state index in [4.69, 9.17) is 9.47 Å². The van der Waals surface area contributed by atoms with Gasteiger partial charge in [-0.3, -0.25) is 4.79 Å². The molecule has 0 aliphatic carbocycles. The van der Waals surface area contributed by atoms with E-state index in [9.17, 15) is 9.59 Å². The van der Waals surface area contributed by atoms with Gasteiger partial charge >= 0.3 is 5.97 Å². The van der Waals surface area contributed by atoms with Crippen molar-refractivity contribution in [3.05, 3.63) is 65.5 Å². The van der Waals surface area contributed by atoms with Gasteiger partial charge in [0, 0.05) is 12.7 Å². The van der Waals surface area contributed by atoms with Crippen molar-refractivity contribution in [1.82, 2.24) is 14.8 Å². The maximum absolute atomic E-state index is 12.4. The van der Waals surface area contributed by atoms with Gasteiger partial charge in [0.25, 0.3) is 0 Å². The minimum atomic E-state index is -0.406. The fourth-order valence-corrected chi connectivity index (χ4v) is 3.51. The van der Waals surface area contributed by atoms with Crippen molar-refractivity contribution < 1.29 is 19.1 Å². The number of ether oxygens (including phenoxy) is 2. The Kier molecular flexibility index (Phi) is 8.27. The van der Waals surface area contributed by atoms with Gasteiger partial charge in [0.05, 0.1) is 17.9 Å². The molecule has 1 heterocycles. The highest BCUT2D eigenvalue weighted by Gasteiger charge is 2.13. The monoisotopic (exact) mass is 454 g/mol. The summed E-state index contributed by atoms with van der Waals surface area (Å²) in [5.74, 6) is 0.955. The summed E-state index contributed by atoms with van der Waals surface area (Å²) in [6, 6.07) is 14.5. The van der Waals surface area contributed by atoms with Crippen LogP contribution in [0.2, 0.25) is 0 Å². The second kappa shape index (κ2) is 11.3. The number of carbonyl (C=O) groups excluding carboxylic acids is 2. The fourth-order valence-electron chi connectivity index (χ4n) is 2.78. The molecule has 8 nitrogen and oxygen atoms in total. The molecule has 0 radical (unpaired) electrons. The first kappa shape index (κ1) is 23.3. The minimum absolute atomic E-state index is 0.148. The number of carbonyl (C=O) groups is 2. The maximum Gasteiger partial charge on any atom is 0.338 e. The summed E-state index contributed by atoms with van der Waals surface area (Å²) in [5.41, 5.74) is 2.05. The van der Waals surface area contributed by atoms with E-state index in [1.54, 1.807) is 28.8 Å². The number of aromatic nitrogens is 3. The number of nitrogens with one attached hydrogen (secondary N) is 1. The number of benzene rings is 2. The van der Waals surface area contributed by atoms with E-state index < -0.39 is 5.97 Å². The lowest BCUT2D eigenvalue weighted by atomic mass is 10.2. The van der Waals surface area contributed by atoms with Crippen LogP contribution in [0.25, 0.3) is 0 Å². The number of amides is 1. The molecule has 9 heteroatoms. The lowest BCUT2D eigenvalue weighted by Crippen LogP contribution is -2.15. The Balaban J connectivity index is 1.51. The van der Waals surface area contributed by atoms with Crippen LogP contribution in [-0.4, -0.2) is 39.0 Å². The van der Waals surface area contributed by atoms with E-state index in [0.717, 1.165) is 17.7 Å². The molecule has 0 bridgehead atoms. The van der Waals surface area contributed by atoms with Crippen molar-refractivity contribution in [3.8, 4) is 5.75 Å². The van der Waals surface area contributed by atoms with E-state index >= 15 is 0 Å². The molecule has 0 aliphatic heterocycles. The molecule has 0 unspecified atom stereocenters. The van der Waals surface area contributed by atoms with Crippen LogP contribution in [0.5, 0.6) is 5.75 Å². The fraction of sp³-hybridized carbons (Fsp3) is 0.304. The van der Waals surface area contributed by atoms with Gasteiger partial charge in [-0.15, -0.1) is 10.2 Å². The summed E-state index contributed by atoms with van der Waals surface area (Å²) in [5, 5.41) is 11.7. The predicted octanol–water partition coefficient (Wildman–Crippen LogP) is 4.00. The zero-order valence-electron chi connectivity index (χ0n) is 18.3. The third-order valence-corrected chi connectivity index (χ3v) is 5.45. The molecule has 0 atom stereocenters. The number of rotatable bonds is 10. The highest BCUT2D eigenvalue weighted by Crippen LogP contribution is 2.19. The highest BCUT2D eigenvalue weighted by atomic mass is 32.2. The maximum atomic E-state index is 12.4. The number of aryl methyl sites for hydroxylation is 1. The lowest BCUT2D eigenvalue weighted by molar-refractivity contribution is -0.113. The summed E-state index contributed by atoms with van der Waals surface area (Å²) in [6.45, 7) is 4.57. The van der Waals surface area contributed by atoms with Crippen LogP contribution >= 0.6 is 11.8 Å². The van der Waals surface area contributed by atoms with Crippen molar-refractivity contribution in [2.24, 2.45) is 7.05 Å². The van der Waals surface area contributed by atoms with Crippen LogP contribution in [-0.2, 0) is 23.2 Å². The standard InChI is InChI=1S/C23H26N4O4S/c1-4-11-30-22(29)17-8-6-9-18(13-17)24-21(28)15-32-23-26-25-20(27(23)3)14-31-19-10-5-7-16(2)12-19/h5-10,12-13H,4,11,14-15H2,1-3H3,(H,24,28). The molecule has 32 heavy (non-hydrogen) atoms. The Morgan fingerprint density at radius 2 is 1.94 bits per heavy atom. The van der Waals surface area contributed by atoms with Gasteiger partial charge in [0.1, 0.15) is 12.4 Å². The van der Waals surface area contributed by atoms with Crippen molar-refractivity contribution in [2.45, 2.75) is 32.0 Å². The van der Waals surface area contributed by atoms with Gasteiger partial charge in [-0.2, -0.15) is 0 Å². The molecular weight excluding hydrogens is 428 g/mol. The number of thioether (sulfide) groups is 1. The molecule has 1 amide bonds. The average Bonchev–Trinajstić information content (AvgIpc) is 3.14. The summed E-state index contributed by atoms with van der Waals surface area (Å²) < 4.78 is 12.7. The molecule has 3 aromatic rings. The van der Waals surface area contributed by atoms with Crippen molar-refractivity contribution in [2.75, 3.05) is 17.7 Å². The zero-order chi connectivity index (χ0) is 22.9. The van der Waals surface area contributed by atoms with Gasteiger partial charge in [0.15, 0.2) is 11.0 Å². The zero-order valence-corrected chi connectivity index (χ0v) is 19.1. The quantitative estimate of drug-likeness (QED) is 0.365. The van der Waals surface area contributed by atoms with Crippen molar-refractivity contribution >= 4 is 29.3 Å². The number of hydrogen-bond acceptors (Lipinski definition) is 7. The second-order valence-corrected chi connectivity index (χ2v) is 8.06. The average molecular weight is 455 g/mol. The lowest BCUT2D eigenvalue weighted by Gasteiger charge is -2.08. The molecule has 3 rings (SSSR count). The molecule has 0 saturated carbocycles. The SMILES string of the molecule is CCCOC(=O)c1cccc(NC(=O)CSc2nnc(COc3cccc(C)c3)n2C)c1. The Morgan fingerprint density at radius 3 is 2.72 bits per heavy atom. The Bertz CT molecular complexity index is 1080. The summed E-state index contributed by atoms with van der Waals surface area (Å²) in [7, 11) is 1.83. The van der Waals surface area contributed by atoms with Crippen LogP contribution in [0.3, 0.4) is 0 Å². The molecule has 0 fully saturated rings. The van der Waals surface area contributed by atoms with E-state index in [1.165, 1.54) is 11.8 Å². The van der Waals surface area contributed by atoms with Crippen LogP contribution in [0.15, 0.2) is 53.7 Å². The van der Waals surface area contributed by atoms with Crippen LogP contribution in [0, 0.1) is 6.92 Å². The van der Waals surface area contributed by atoms with Gasteiger partial charge < -0.3 is 19.4 Å². The third kappa shape index (κ3) is 6.58. The van der Waals surface area contributed by atoms with Crippen LogP contribution in [0.4, 0.5) is 5.69 Å². The first-order valence-corrected chi connectivity index (χ1v) is 11.2. The van der Waals surface area contributed by atoms with Crippen molar-refractivity contribution in [1.29, 1.82) is 0 Å². The number of nitrogens with zero attached hydrogens (tertiary/aromatic N) is 3. The second-order valence-electron chi connectivity index (χ2n) is 7.12. The number of anilines is 1. The normalized spacial score (nSPS) is 10.6. The molecule has 0 spiro atoms. The Hall–Kier alpha value is -3.33. The molecule has 168 valence electrons. The largest absolute Gasteiger partial charge is 0.486 e. The first-order chi connectivity index (χ1) is 15.5. The predicted molar refractivity (Wildman–Crippen MR) is 123 cm³/mol. The van der Waals surface area contributed by atoms with E-state index in [1.807, 2.05) is 45.2 Å². The van der Waals surface area contributed by atoms with Gasteiger partial charge in [-0.05, 0) is 49.2 Å². The first-order valence-electron chi connectivity index (χ1n) is 10.2. The van der Waals surface area contributed by atoms with E-state index in [-0.39, 0.29) is 18.3 Å². The van der Waals surface area contributed by atoms with E-state index in [2.05, 4.69) is 15.5 Å². The van der Waals surface area contributed by atoms with Gasteiger partial charge in [-0.25, -0.2) is 4.79 Å². The van der Waals surface area contributed by atoms with Crippen LogP contribution in [0.1, 0.15) is 35.1 Å². The molecule has 0 saturated heterocycles. The van der Waals surface area contributed by atoms with Gasteiger partial charge in [0.2, 0.25) is 5.91 Å². The van der Waals surface area contributed by atoms with E-state index in [0.29, 0.717) is 28.8 Å². The minimum Gasteiger partial charge on any atom is -0.486 e. The van der Waals surface area contributed by atoms with Crippen LogP contribution < -0.4 is 10.1 Å². The topological polar surface area (TPSA) is 95.3 Å². The molecule has 0 aliphatic rings. The highest BCUT2D eigenvalue weighted by molar-refractivity contribution is 7.99. The Labute approximate surface area is 191 Å². The number of hydrogen-bond donors (Lipinski definition) is 1. The molecule has 1 N–H and O–H groups in total. The third-order valence-electron chi connectivity index (χ3n) is 4.43. The molecule has 1 aromatic heterocycles. The smallest absolute Gasteiger partial charge is 0.338 e. The number of esters is 1. The molecular formula is C23H26N4O4S. The van der Waals surface area contributed by atoms with Gasteiger partial charge in [-0.1, -0.05) is 36.9 Å². The summed E-state index contributed by atoms with van der Waals surface area (Å²) in [4.78, 5) is 24.4. The summed E-state index contributed by atoms with van der Waals surface area (Å²) >= 11 is 1.27.